The van der Waals surface area contributed by atoms with E-state index in [1.807, 2.05) is 17.0 Å². The van der Waals surface area contributed by atoms with E-state index in [2.05, 4.69) is 0 Å². The molecule has 0 saturated carbocycles. The molecule has 2 aromatic carbocycles. The van der Waals surface area contributed by atoms with Crippen LogP contribution in [0, 0.1) is 10.1 Å². The number of methoxy groups -OCH3 is 2. The number of ether oxygens (including phenoxy) is 3. The first-order chi connectivity index (χ1) is 16.9. The van der Waals surface area contributed by atoms with Crippen LogP contribution >= 0.6 is 0 Å². The van der Waals surface area contributed by atoms with E-state index >= 15 is 0 Å². The first kappa shape index (κ1) is 24.3. The molecule has 1 amide bonds. The lowest BCUT2D eigenvalue weighted by Gasteiger charge is -2.29. The minimum atomic E-state index is -0.768. The standard InChI is InChI=1S/C25H29N3O7/c1-33-22-13-17-8-11-27(15-19(17)14-23(22)34-2)24(29)16-35-25(30)18-6-7-20(21(12-18)28(31)32)26-9-4-3-5-10-26/h6-7,12-14H,3-5,8-11,15-16H2,1-2H3. The molecule has 0 aliphatic carbocycles. The lowest BCUT2D eigenvalue weighted by molar-refractivity contribution is -0.384. The topological polar surface area (TPSA) is 111 Å². The summed E-state index contributed by atoms with van der Waals surface area (Å²) in [6.07, 6.45) is 3.70. The van der Waals surface area contributed by atoms with E-state index in [1.54, 1.807) is 25.2 Å². The van der Waals surface area contributed by atoms with Gasteiger partial charge >= 0.3 is 5.97 Å². The number of hydrogen-bond donors (Lipinski definition) is 0. The molecule has 0 unspecified atom stereocenters. The number of carbonyl (C=O) groups excluding carboxylic acids is 2. The van der Waals surface area contributed by atoms with Gasteiger partial charge in [0, 0.05) is 32.2 Å². The van der Waals surface area contributed by atoms with E-state index in [0.29, 0.717) is 36.7 Å². The maximum atomic E-state index is 12.7. The van der Waals surface area contributed by atoms with Gasteiger partial charge in [-0.3, -0.25) is 14.9 Å². The van der Waals surface area contributed by atoms with Gasteiger partial charge in [-0.1, -0.05) is 0 Å². The minimum absolute atomic E-state index is 0.0473. The van der Waals surface area contributed by atoms with Crippen LogP contribution in [-0.2, 0) is 22.5 Å². The van der Waals surface area contributed by atoms with Gasteiger partial charge in [-0.05, 0) is 61.1 Å². The van der Waals surface area contributed by atoms with Crippen molar-refractivity contribution in [1.82, 2.24) is 4.90 Å². The third-order valence-electron chi connectivity index (χ3n) is 6.50. The van der Waals surface area contributed by atoms with Crippen LogP contribution in [0.15, 0.2) is 30.3 Å². The van der Waals surface area contributed by atoms with Crippen LogP contribution in [0.2, 0.25) is 0 Å². The number of nitrogens with zero attached hydrogens (tertiary/aromatic N) is 3. The Balaban J connectivity index is 1.40. The maximum absolute atomic E-state index is 12.7. The highest BCUT2D eigenvalue weighted by atomic mass is 16.6. The molecular weight excluding hydrogens is 454 g/mol. The van der Waals surface area contributed by atoms with Gasteiger partial charge in [-0.2, -0.15) is 0 Å². The molecule has 10 heteroatoms. The molecule has 2 aliphatic heterocycles. The quantitative estimate of drug-likeness (QED) is 0.335. The van der Waals surface area contributed by atoms with Crippen molar-refractivity contribution in [2.45, 2.75) is 32.2 Å². The van der Waals surface area contributed by atoms with Gasteiger partial charge in [0.05, 0.1) is 24.7 Å². The average molecular weight is 484 g/mol. The fourth-order valence-corrected chi connectivity index (χ4v) is 4.60. The molecule has 0 N–H and O–H groups in total. The number of piperidine rings is 1. The number of nitro groups is 1. The molecule has 2 aliphatic rings. The highest BCUT2D eigenvalue weighted by Gasteiger charge is 2.26. The monoisotopic (exact) mass is 483 g/mol. The summed E-state index contributed by atoms with van der Waals surface area (Å²) in [5, 5.41) is 11.6. The number of carbonyl (C=O) groups is 2. The van der Waals surface area contributed by atoms with Crippen LogP contribution in [0.1, 0.15) is 40.7 Å². The lowest BCUT2D eigenvalue weighted by atomic mass is 9.99. The number of benzene rings is 2. The SMILES string of the molecule is COc1cc2c(cc1OC)CN(C(=O)COC(=O)c1ccc(N3CCCCC3)c([N+](=O)[O-])c1)CC2. The summed E-state index contributed by atoms with van der Waals surface area (Å²) in [5.74, 6) is 0.121. The van der Waals surface area contributed by atoms with Crippen molar-refractivity contribution < 1.29 is 28.7 Å². The Morgan fingerprint density at radius 3 is 2.31 bits per heavy atom. The summed E-state index contributed by atoms with van der Waals surface area (Å²) in [7, 11) is 3.13. The number of nitro benzene ring substituents is 1. The van der Waals surface area contributed by atoms with Crippen molar-refractivity contribution in [2.24, 2.45) is 0 Å². The van der Waals surface area contributed by atoms with Crippen LogP contribution < -0.4 is 14.4 Å². The molecule has 10 nitrogen and oxygen atoms in total. The molecule has 35 heavy (non-hydrogen) atoms. The Bertz CT molecular complexity index is 1130. The molecule has 1 saturated heterocycles. The second-order valence-electron chi connectivity index (χ2n) is 8.63. The van der Waals surface area contributed by atoms with Crippen LogP contribution in [-0.4, -0.2) is 62.2 Å². The predicted molar refractivity (Wildman–Crippen MR) is 128 cm³/mol. The van der Waals surface area contributed by atoms with Crippen LogP contribution in [0.25, 0.3) is 0 Å². The van der Waals surface area contributed by atoms with Crippen LogP contribution in [0.4, 0.5) is 11.4 Å². The first-order valence-electron chi connectivity index (χ1n) is 11.6. The van der Waals surface area contributed by atoms with Crippen LogP contribution in [0.5, 0.6) is 11.5 Å². The highest BCUT2D eigenvalue weighted by molar-refractivity contribution is 5.93. The van der Waals surface area contributed by atoms with E-state index in [0.717, 1.165) is 43.5 Å². The predicted octanol–water partition coefficient (Wildman–Crippen LogP) is 3.34. The minimum Gasteiger partial charge on any atom is -0.493 e. The van der Waals surface area contributed by atoms with Crippen molar-refractivity contribution in [1.29, 1.82) is 0 Å². The lowest BCUT2D eigenvalue weighted by Crippen LogP contribution is -2.38. The van der Waals surface area contributed by atoms with Crippen LogP contribution in [0.3, 0.4) is 0 Å². The first-order valence-corrected chi connectivity index (χ1v) is 11.6. The van der Waals surface area contributed by atoms with E-state index in [1.165, 1.54) is 12.1 Å². The second-order valence-corrected chi connectivity index (χ2v) is 8.63. The fraction of sp³-hybridized carbons (Fsp3) is 0.440. The number of anilines is 1. The van der Waals surface area contributed by atoms with E-state index in [-0.39, 0.29) is 17.2 Å². The number of fused-ring (bicyclic) bond motifs is 1. The van der Waals surface area contributed by atoms with Gasteiger partial charge in [-0.25, -0.2) is 4.79 Å². The Kier molecular flexibility index (Phi) is 7.38. The summed E-state index contributed by atoms with van der Waals surface area (Å²) < 4.78 is 15.9. The van der Waals surface area contributed by atoms with E-state index < -0.39 is 17.5 Å². The Labute approximate surface area is 203 Å². The normalized spacial score (nSPS) is 15.3. The van der Waals surface area contributed by atoms with Crippen molar-refractivity contribution in [2.75, 3.05) is 45.4 Å². The summed E-state index contributed by atoms with van der Waals surface area (Å²) in [6, 6.07) is 8.10. The van der Waals surface area contributed by atoms with Gasteiger partial charge in [0.1, 0.15) is 5.69 Å². The van der Waals surface area contributed by atoms with Crippen molar-refractivity contribution in [3.8, 4) is 11.5 Å². The molecule has 4 rings (SSSR count). The average Bonchev–Trinajstić information content (AvgIpc) is 2.90. The molecule has 0 radical (unpaired) electrons. The molecule has 1 fully saturated rings. The molecule has 186 valence electrons. The zero-order valence-electron chi connectivity index (χ0n) is 20.0. The van der Waals surface area contributed by atoms with Crippen molar-refractivity contribution in [3.05, 3.63) is 57.1 Å². The Morgan fingerprint density at radius 1 is 0.971 bits per heavy atom. The van der Waals surface area contributed by atoms with E-state index in [9.17, 15) is 19.7 Å². The van der Waals surface area contributed by atoms with Gasteiger partial charge in [0.2, 0.25) is 0 Å². The Morgan fingerprint density at radius 2 is 1.66 bits per heavy atom. The second kappa shape index (κ2) is 10.6. The number of amides is 1. The van der Waals surface area contributed by atoms with Gasteiger partial charge in [0.15, 0.2) is 18.1 Å². The number of esters is 1. The summed E-state index contributed by atoms with van der Waals surface area (Å²) >= 11 is 0. The van der Waals surface area contributed by atoms with Gasteiger partial charge in [-0.15, -0.1) is 0 Å². The number of hydrogen-bond acceptors (Lipinski definition) is 8. The Hall–Kier alpha value is -3.82. The van der Waals surface area contributed by atoms with Gasteiger partial charge < -0.3 is 24.0 Å². The summed E-state index contributed by atoms with van der Waals surface area (Å²) in [6.45, 7) is 1.90. The fourth-order valence-electron chi connectivity index (χ4n) is 4.60. The third-order valence-corrected chi connectivity index (χ3v) is 6.50. The molecule has 0 spiro atoms. The molecule has 2 aromatic rings. The highest BCUT2D eigenvalue weighted by Crippen LogP contribution is 2.34. The molecule has 0 aromatic heterocycles. The van der Waals surface area contributed by atoms with Crippen molar-refractivity contribution >= 4 is 23.3 Å². The molecule has 0 bridgehead atoms. The molecular formula is C25H29N3O7. The number of rotatable bonds is 7. The largest absolute Gasteiger partial charge is 0.493 e. The van der Waals surface area contributed by atoms with Gasteiger partial charge in [0.25, 0.3) is 11.6 Å². The maximum Gasteiger partial charge on any atom is 0.338 e. The van der Waals surface area contributed by atoms with Crippen molar-refractivity contribution in [3.63, 3.8) is 0 Å². The zero-order valence-corrected chi connectivity index (χ0v) is 20.0. The summed E-state index contributed by atoms with van der Waals surface area (Å²) in [4.78, 5) is 40.1. The third kappa shape index (κ3) is 5.31. The molecule has 2 heterocycles. The summed E-state index contributed by atoms with van der Waals surface area (Å²) in [5.41, 5.74) is 2.43. The van der Waals surface area contributed by atoms with E-state index in [4.69, 9.17) is 14.2 Å². The molecule has 0 atom stereocenters. The smallest absolute Gasteiger partial charge is 0.338 e. The zero-order chi connectivity index (χ0) is 24.9.